The van der Waals surface area contributed by atoms with E-state index in [1.807, 2.05) is 36.4 Å². The van der Waals surface area contributed by atoms with Crippen LogP contribution in [-0.4, -0.2) is 33.7 Å². The third kappa shape index (κ3) is 8.04. The lowest BCUT2D eigenvalue weighted by Crippen LogP contribution is -2.31. The maximum atomic E-state index is 12.2. The monoisotopic (exact) mass is 452 g/mol. The van der Waals surface area contributed by atoms with E-state index in [4.69, 9.17) is 4.74 Å². The van der Waals surface area contributed by atoms with E-state index in [1.165, 1.54) is 12.2 Å². The molecule has 1 heterocycles. The number of hydrogen-bond acceptors (Lipinski definition) is 5. The Hall–Kier alpha value is -3.15. The van der Waals surface area contributed by atoms with Gasteiger partial charge in [-0.2, -0.15) is 0 Å². The van der Waals surface area contributed by atoms with Crippen LogP contribution in [0.2, 0.25) is 0 Å². The first-order valence-electron chi connectivity index (χ1n) is 11.5. The lowest BCUT2D eigenvalue weighted by Gasteiger charge is -2.29. The van der Waals surface area contributed by atoms with Gasteiger partial charge in [0.15, 0.2) is 5.69 Å². The van der Waals surface area contributed by atoms with Crippen LogP contribution in [0.15, 0.2) is 42.5 Å². The minimum absolute atomic E-state index is 0.0582. The van der Waals surface area contributed by atoms with Crippen LogP contribution in [-0.2, 0) is 22.5 Å². The number of anilines is 1. The molecule has 6 heteroatoms. The van der Waals surface area contributed by atoms with Crippen molar-refractivity contribution in [2.45, 2.75) is 79.0 Å². The van der Waals surface area contributed by atoms with Gasteiger partial charge in [0, 0.05) is 24.2 Å². The van der Waals surface area contributed by atoms with Crippen molar-refractivity contribution in [1.29, 1.82) is 0 Å². The summed E-state index contributed by atoms with van der Waals surface area (Å²) < 4.78 is 5.34. The Labute approximate surface area is 197 Å². The standard InChI is InChI=1S/C27H36N2O4/c1-7-8-14-21-17-23(29(19(2)3)18-20-12-10-9-11-13-20)28-25(26(31)32)22(21)15-16-24(30)33-27(4,5)6/h9-13,15-17,19H,7-8,14,18H2,1-6H3,(H,31,32). The molecule has 0 aliphatic rings. The van der Waals surface area contributed by atoms with E-state index < -0.39 is 17.5 Å². The number of nitrogens with zero attached hydrogens (tertiary/aromatic N) is 2. The summed E-state index contributed by atoms with van der Waals surface area (Å²) in [5.41, 5.74) is 1.75. The second-order valence-electron chi connectivity index (χ2n) is 9.38. The van der Waals surface area contributed by atoms with Crippen molar-refractivity contribution in [3.05, 3.63) is 64.9 Å². The van der Waals surface area contributed by atoms with E-state index in [0.29, 0.717) is 24.3 Å². The number of aryl methyl sites for hydroxylation is 1. The molecule has 1 aromatic heterocycles. The molecule has 0 fully saturated rings. The van der Waals surface area contributed by atoms with Gasteiger partial charge in [-0.3, -0.25) is 0 Å². The number of esters is 1. The number of pyridine rings is 1. The second-order valence-corrected chi connectivity index (χ2v) is 9.38. The Bertz CT molecular complexity index is 976. The number of hydrogen-bond donors (Lipinski definition) is 1. The van der Waals surface area contributed by atoms with Crippen molar-refractivity contribution < 1.29 is 19.4 Å². The smallest absolute Gasteiger partial charge is 0.355 e. The van der Waals surface area contributed by atoms with Crippen LogP contribution in [0.4, 0.5) is 5.82 Å². The molecule has 0 saturated carbocycles. The largest absolute Gasteiger partial charge is 0.476 e. The van der Waals surface area contributed by atoms with Crippen molar-refractivity contribution in [3.8, 4) is 0 Å². The molecule has 0 unspecified atom stereocenters. The maximum Gasteiger partial charge on any atom is 0.355 e. The van der Waals surface area contributed by atoms with Gasteiger partial charge in [-0.1, -0.05) is 43.7 Å². The van der Waals surface area contributed by atoms with Crippen molar-refractivity contribution in [2.24, 2.45) is 0 Å². The molecule has 2 aromatic rings. The van der Waals surface area contributed by atoms with E-state index in [0.717, 1.165) is 24.0 Å². The fourth-order valence-electron chi connectivity index (χ4n) is 3.46. The molecule has 33 heavy (non-hydrogen) atoms. The van der Waals surface area contributed by atoms with Crippen LogP contribution in [0.1, 0.15) is 81.6 Å². The fraction of sp³-hybridized carbons (Fsp3) is 0.444. The average molecular weight is 453 g/mol. The Morgan fingerprint density at radius 3 is 2.39 bits per heavy atom. The SMILES string of the molecule is CCCCc1cc(N(Cc2ccccc2)C(C)C)nc(C(=O)O)c1C=CC(=O)OC(C)(C)C. The number of carbonyl (C=O) groups excluding carboxylic acids is 1. The van der Waals surface area contributed by atoms with Gasteiger partial charge >= 0.3 is 11.9 Å². The van der Waals surface area contributed by atoms with Gasteiger partial charge in [0.1, 0.15) is 11.4 Å². The molecule has 0 atom stereocenters. The number of carboxylic acid groups (broad SMARTS) is 1. The van der Waals surface area contributed by atoms with Crippen LogP contribution in [0.3, 0.4) is 0 Å². The first-order valence-corrected chi connectivity index (χ1v) is 11.5. The number of rotatable bonds is 10. The van der Waals surface area contributed by atoms with Gasteiger partial charge < -0.3 is 14.7 Å². The summed E-state index contributed by atoms with van der Waals surface area (Å²) in [6, 6.07) is 12.1. The summed E-state index contributed by atoms with van der Waals surface area (Å²) in [5.74, 6) is -1.02. The lowest BCUT2D eigenvalue weighted by molar-refractivity contribution is -0.148. The number of aromatic nitrogens is 1. The molecule has 1 N–H and O–H groups in total. The van der Waals surface area contributed by atoms with E-state index in [1.54, 1.807) is 20.8 Å². The maximum absolute atomic E-state index is 12.2. The molecule has 0 bridgehead atoms. The first-order chi connectivity index (χ1) is 15.5. The van der Waals surface area contributed by atoms with Crippen molar-refractivity contribution in [3.63, 3.8) is 0 Å². The molecule has 6 nitrogen and oxygen atoms in total. The van der Waals surface area contributed by atoms with Gasteiger partial charge in [-0.15, -0.1) is 0 Å². The number of carboxylic acids is 1. The van der Waals surface area contributed by atoms with Gasteiger partial charge in [-0.25, -0.2) is 14.6 Å². The Kier molecular flexibility index (Phi) is 9.21. The molecule has 0 saturated heterocycles. The Balaban J connectivity index is 2.54. The average Bonchev–Trinajstić information content (AvgIpc) is 2.73. The van der Waals surface area contributed by atoms with E-state index >= 15 is 0 Å². The zero-order valence-corrected chi connectivity index (χ0v) is 20.6. The number of carbonyl (C=O) groups is 2. The van der Waals surface area contributed by atoms with Crippen LogP contribution < -0.4 is 4.90 Å². The third-order valence-electron chi connectivity index (χ3n) is 5.04. The highest BCUT2D eigenvalue weighted by Gasteiger charge is 2.21. The molecule has 0 radical (unpaired) electrons. The van der Waals surface area contributed by atoms with E-state index in [-0.39, 0.29) is 11.7 Å². The molecule has 2 rings (SSSR count). The summed E-state index contributed by atoms with van der Waals surface area (Å²) in [7, 11) is 0. The summed E-state index contributed by atoms with van der Waals surface area (Å²) in [6.45, 7) is 12.2. The number of benzene rings is 1. The molecular formula is C27H36N2O4. The molecule has 0 aliphatic heterocycles. The number of aromatic carboxylic acids is 1. The predicted octanol–water partition coefficient (Wildman–Crippen LogP) is 5.89. The second kappa shape index (κ2) is 11.6. The predicted molar refractivity (Wildman–Crippen MR) is 132 cm³/mol. The number of ether oxygens (including phenoxy) is 1. The summed E-state index contributed by atoms with van der Waals surface area (Å²) in [6.07, 6.45) is 5.37. The highest BCUT2D eigenvalue weighted by molar-refractivity contribution is 5.94. The molecule has 0 spiro atoms. The fourth-order valence-corrected chi connectivity index (χ4v) is 3.46. The van der Waals surface area contributed by atoms with Crippen molar-refractivity contribution in [1.82, 2.24) is 4.98 Å². The Morgan fingerprint density at radius 2 is 1.85 bits per heavy atom. The molecule has 178 valence electrons. The zero-order valence-electron chi connectivity index (χ0n) is 20.6. The van der Waals surface area contributed by atoms with Gasteiger partial charge in [-0.05, 0) is 70.7 Å². The van der Waals surface area contributed by atoms with Crippen LogP contribution in [0, 0.1) is 0 Å². The first kappa shape index (κ1) is 26.1. The highest BCUT2D eigenvalue weighted by atomic mass is 16.6. The highest BCUT2D eigenvalue weighted by Crippen LogP contribution is 2.26. The summed E-state index contributed by atoms with van der Waals surface area (Å²) in [5, 5.41) is 9.97. The minimum atomic E-state index is -1.12. The normalized spacial score (nSPS) is 11.7. The van der Waals surface area contributed by atoms with Gasteiger partial charge in [0.2, 0.25) is 0 Å². The van der Waals surface area contributed by atoms with E-state index in [9.17, 15) is 14.7 Å². The topological polar surface area (TPSA) is 79.7 Å². The van der Waals surface area contributed by atoms with Crippen LogP contribution >= 0.6 is 0 Å². The van der Waals surface area contributed by atoms with Crippen molar-refractivity contribution in [2.75, 3.05) is 4.90 Å². The van der Waals surface area contributed by atoms with Gasteiger partial charge in [0.25, 0.3) is 0 Å². The summed E-state index contributed by atoms with van der Waals surface area (Å²) in [4.78, 5) is 31.0. The quantitative estimate of drug-likeness (QED) is 0.357. The zero-order chi connectivity index (χ0) is 24.6. The van der Waals surface area contributed by atoms with Crippen LogP contribution in [0.5, 0.6) is 0 Å². The van der Waals surface area contributed by atoms with Crippen LogP contribution in [0.25, 0.3) is 6.08 Å². The molecule has 1 aromatic carbocycles. The Morgan fingerprint density at radius 1 is 1.18 bits per heavy atom. The molecule has 0 amide bonds. The third-order valence-corrected chi connectivity index (χ3v) is 5.04. The molecular weight excluding hydrogens is 416 g/mol. The summed E-state index contributed by atoms with van der Waals surface area (Å²) >= 11 is 0. The molecule has 0 aliphatic carbocycles. The lowest BCUT2D eigenvalue weighted by atomic mass is 9.99. The van der Waals surface area contributed by atoms with Crippen molar-refractivity contribution >= 4 is 23.8 Å². The minimum Gasteiger partial charge on any atom is -0.476 e. The van der Waals surface area contributed by atoms with Gasteiger partial charge in [0.05, 0.1) is 0 Å². The van der Waals surface area contributed by atoms with E-state index in [2.05, 4.69) is 30.7 Å². The number of unbranched alkanes of at least 4 members (excludes halogenated alkanes) is 1.